The van der Waals surface area contributed by atoms with Crippen LogP contribution in [-0.2, 0) is 23.9 Å². The zero-order valence-corrected chi connectivity index (χ0v) is 21.2. The molecule has 180 valence electrons. The van der Waals surface area contributed by atoms with E-state index in [1.165, 1.54) is 22.7 Å². The number of rotatable bonds is 8. The van der Waals surface area contributed by atoms with Crippen molar-refractivity contribution in [1.82, 2.24) is 5.32 Å². The third kappa shape index (κ3) is 4.49. The molecular weight excluding hydrogens is 470 g/mol. The van der Waals surface area contributed by atoms with Gasteiger partial charge in [0.05, 0.1) is 24.7 Å². The average Bonchev–Trinajstić information content (AvgIpc) is 3.53. The minimum Gasteiger partial charge on any atom is -0.465 e. The monoisotopic (exact) mass is 499 g/mol. The Kier molecular flexibility index (Phi) is 7.68. The second-order valence-electron chi connectivity index (χ2n) is 8.25. The molecule has 0 fully saturated rings. The van der Waals surface area contributed by atoms with Gasteiger partial charge in [-0.05, 0) is 49.6 Å². The maximum Gasteiger partial charge on any atom is 0.336 e. The first kappa shape index (κ1) is 24.4. The lowest BCUT2D eigenvalue weighted by atomic mass is 9.69. The molecule has 0 bridgehead atoms. The first-order valence-electron chi connectivity index (χ1n) is 11.7. The van der Waals surface area contributed by atoms with E-state index in [4.69, 9.17) is 9.47 Å². The van der Waals surface area contributed by atoms with Crippen LogP contribution in [0.3, 0.4) is 0 Å². The molecule has 0 spiro atoms. The Bertz CT molecular complexity index is 1110. The number of hydrogen-bond donors (Lipinski definition) is 1. The molecule has 0 radical (unpaired) electrons. The third-order valence-electron chi connectivity index (χ3n) is 6.18. The van der Waals surface area contributed by atoms with E-state index >= 15 is 0 Å². The first-order valence-corrected chi connectivity index (χ1v) is 13.4. The maximum atomic E-state index is 14.1. The van der Waals surface area contributed by atoms with Gasteiger partial charge in [0.25, 0.3) is 0 Å². The molecule has 3 heterocycles. The second kappa shape index (κ2) is 10.7. The summed E-state index contributed by atoms with van der Waals surface area (Å²) in [4.78, 5) is 42.3. The van der Waals surface area contributed by atoms with Crippen molar-refractivity contribution in [3.8, 4) is 0 Å². The predicted molar refractivity (Wildman–Crippen MR) is 133 cm³/mol. The summed E-state index contributed by atoms with van der Waals surface area (Å²) in [7, 11) is 0. The number of carbonyl (C=O) groups excluding carboxylic acids is 3. The van der Waals surface area contributed by atoms with E-state index in [1.54, 1.807) is 13.8 Å². The molecule has 34 heavy (non-hydrogen) atoms. The zero-order valence-electron chi connectivity index (χ0n) is 19.6. The number of allylic oxidation sites excluding steroid dienone is 3. The number of ketones is 1. The highest BCUT2D eigenvalue weighted by atomic mass is 32.1. The molecule has 2 aromatic rings. The summed E-state index contributed by atoms with van der Waals surface area (Å²) in [5.41, 5.74) is 2.54. The molecule has 1 N–H and O–H groups in total. The number of Topliss-reactive ketones (excluding diaryl/α,β-unsaturated/α-hetero) is 1. The standard InChI is InChI=1S/C26H29NO5S2/c1-4-9-16-22(26(30)32-6-3)23(19-11-8-13-34-19)21-17(27-16)14-15(18-10-7-12-33-18)20(24(21)28)25(29)31-5-2/h7-8,10-13,15,20,23,27H,4-6,9,14H2,1-3H3/t15-,20-,23-/m1/s1. The molecule has 0 unspecified atom stereocenters. The number of thiophene rings is 2. The highest BCUT2D eigenvalue weighted by Gasteiger charge is 2.49. The second-order valence-corrected chi connectivity index (χ2v) is 10.2. The molecule has 2 aromatic heterocycles. The van der Waals surface area contributed by atoms with Crippen molar-refractivity contribution >= 4 is 40.4 Å². The van der Waals surface area contributed by atoms with Crippen molar-refractivity contribution in [1.29, 1.82) is 0 Å². The number of carbonyl (C=O) groups is 3. The van der Waals surface area contributed by atoms with Gasteiger partial charge >= 0.3 is 11.9 Å². The first-order chi connectivity index (χ1) is 16.5. The van der Waals surface area contributed by atoms with Crippen molar-refractivity contribution in [3.05, 3.63) is 67.3 Å². The molecule has 0 saturated carbocycles. The van der Waals surface area contributed by atoms with Crippen molar-refractivity contribution in [2.75, 3.05) is 13.2 Å². The van der Waals surface area contributed by atoms with Crippen molar-refractivity contribution < 1.29 is 23.9 Å². The Balaban J connectivity index is 1.88. The van der Waals surface area contributed by atoms with Crippen molar-refractivity contribution in [2.24, 2.45) is 5.92 Å². The molecule has 0 saturated heterocycles. The molecule has 0 amide bonds. The topological polar surface area (TPSA) is 81.7 Å². The smallest absolute Gasteiger partial charge is 0.336 e. The Hall–Kier alpha value is -2.71. The van der Waals surface area contributed by atoms with Gasteiger partial charge in [0.15, 0.2) is 5.78 Å². The molecular formula is C26H29NO5S2. The highest BCUT2D eigenvalue weighted by molar-refractivity contribution is 7.10. The predicted octanol–water partition coefficient (Wildman–Crippen LogP) is 5.30. The van der Waals surface area contributed by atoms with Crippen LogP contribution in [0.25, 0.3) is 0 Å². The Morgan fingerprint density at radius 1 is 1.03 bits per heavy atom. The highest BCUT2D eigenvalue weighted by Crippen LogP contribution is 2.50. The summed E-state index contributed by atoms with van der Waals surface area (Å²) in [5, 5.41) is 7.34. The van der Waals surface area contributed by atoms with Crippen LogP contribution in [0.1, 0.15) is 61.6 Å². The van der Waals surface area contributed by atoms with Crippen LogP contribution in [-0.4, -0.2) is 30.9 Å². The van der Waals surface area contributed by atoms with Gasteiger partial charge in [-0.2, -0.15) is 0 Å². The van der Waals surface area contributed by atoms with Crippen LogP contribution >= 0.6 is 22.7 Å². The van der Waals surface area contributed by atoms with Crippen molar-refractivity contribution in [2.45, 2.75) is 51.9 Å². The van der Waals surface area contributed by atoms with Gasteiger partial charge in [0.2, 0.25) is 0 Å². The van der Waals surface area contributed by atoms with Gasteiger partial charge in [-0.3, -0.25) is 9.59 Å². The van der Waals surface area contributed by atoms with E-state index in [-0.39, 0.29) is 24.9 Å². The summed E-state index contributed by atoms with van der Waals surface area (Å²) in [5.74, 6) is -3.04. The number of nitrogens with one attached hydrogen (secondary N) is 1. The minimum absolute atomic E-state index is 0.201. The summed E-state index contributed by atoms with van der Waals surface area (Å²) >= 11 is 3.03. The van der Waals surface area contributed by atoms with E-state index in [9.17, 15) is 14.4 Å². The van der Waals surface area contributed by atoms with E-state index in [0.717, 1.165) is 27.6 Å². The van der Waals surface area contributed by atoms with Crippen LogP contribution in [0.4, 0.5) is 0 Å². The fourth-order valence-electron chi connectivity index (χ4n) is 4.86. The fourth-order valence-corrected chi connectivity index (χ4v) is 6.57. The molecule has 3 atom stereocenters. The molecule has 6 nitrogen and oxygen atoms in total. The van der Waals surface area contributed by atoms with E-state index in [2.05, 4.69) is 12.2 Å². The van der Waals surface area contributed by atoms with Gasteiger partial charge in [-0.1, -0.05) is 25.5 Å². The minimum atomic E-state index is -0.946. The number of hydrogen-bond acceptors (Lipinski definition) is 8. The number of esters is 2. The van der Waals surface area contributed by atoms with Crippen LogP contribution < -0.4 is 5.32 Å². The lowest BCUT2D eigenvalue weighted by Gasteiger charge is -2.39. The summed E-state index contributed by atoms with van der Waals surface area (Å²) in [6, 6.07) is 7.74. The summed E-state index contributed by atoms with van der Waals surface area (Å²) in [6.07, 6.45) is 1.99. The normalized spacial score (nSPS) is 22.3. The van der Waals surface area contributed by atoms with Crippen molar-refractivity contribution in [3.63, 3.8) is 0 Å². The van der Waals surface area contributed by atoms with Crippen LogP contribution in [0, 0.1) is 5.92 Å². The van der Waals surface area contributed by atoms with Gasteiger partial charge < -0.3 is 14.8 Å². The Labute approximate surface area is 207 Å². The lowest BCUT2D eigenvalue weighted by molar-refractivity contribution is -0.152. The Morgan fingerprint density at radius 2 is 1.71 bits per heavy atom. The largest absolute Gasteiger partial charge is 0.465 e. The van der Waals surface area contributed by atoms with Gasteiger partial charge in [0.1, 0.15) is 5.92 Å². The molecule has 2 aliphatic rings. The fraction of sp³-hybridized carbons (Fsp3) is 0.423. The Morgan fingerprint density at radius 3 is 2.29 bits per heavy atom. The molecule has 1 aliphatic heterocycles. The van der Waals surface area contributed by atoms with Crippen LogP contribution in [0.15, 0.2) is 57.6 Å². The van der Waals surface area contributed by atoms with Gasteiger partial charge in [-0.15, -0.1) is 22.7 Å². The molecule has 8 heteroatoms. The quantitative estimate of drug-likeness (QED) is 0.392. The van der Waals surface area contributed by atoms with Gasteiger partial charge in [-0.25, -0.2) is 4.79 Å². The molecule has 4 rings (SSSR count). The molecule has 0 aromatic carbocycles. The summed E-state index contributed by atoms with van der Waals surface area (Å²) < 4.78 is 10.8. The number of ether oxygens (including phenoxy) is 2. The third-order valence-corrected chi connectivity index (χ3v) is 8.12. The zero-order chi connectivity index (χ0) is 24.2. The lowest BCUT2D eigenvalue weighted by Crippen LogP contribution is -2.43. The van der Waals surface area contributed by atoms with Gasteiger partial charge in [0, 0.05) is 32.6 Å². The van der Waals surface area contributed by atoms with E-state index in [0.29, 0.717) is 24.0 Å². The number of dihydropyridines is 1. The summed E-state index contributed by atoms with van der Waals surface area (Å²) in [6.45, 7) is 6.01. The van der Waals surface area contributed by atoms with E-state index < -0.39 is 23.8 Å². The maximum absolute atomic E-state index is 14.1. The van der Waals surface area contributed by atoms with Crippen LogP contribution in [0.2, 0.25) is 0 Å². The SMILES string of the molecule is CCCC1=C(C(=O)OCC)[C@H](c2cccs2)C2=C(C[C@H](c3cccs3)[C@@H](C(=O)OCC)C2=O)N1. The van der Waals surface area contributed by atoms with Crippen LogP contribution in [0.5, 0.6) is 0 Å². The average molecular weight is 500 g/mol. The molecule has 1 aliphatic carbocycles. The van der Waals surface area contributed by atoms with E-state index in [1.807, 2.05) is 35.0 Å².